The second-order valence-corrected chi connectivity index (χ2v) is 5.14. The number of hydrogen-bond acceptors (Lipinski definition) is 2. The van der Waals surface area contributed by atoms with E-state index < -0.39 is 0 Å². The average molecular weight is 284 g/mol. The Morgan fingerprint density at radius 3 is 2.65 bits per heavy atom. The van der Waals surface area contributed by atoms with E-state index in [1.165, 1.54) is 5.56 Å². The number of rotatable bonds is 2. The summed E-state index contributed by atoms with van der Waals surface area (Å²) in [6, 6.07) is 15.7. The molecule has 20 heavy (non-hydrogen) atoms. The maximum atomic E-state index is 6.22. The van der Waals surface area contributed by atoms with Gasteiger partial charge >= 0.3 is 0 Å². The second kappa shape index (κ2) is 5.02. The van der Waals surface area contributed by atoms with E-state index in [1.54, 1.807) is 10.9 Å². The van der Waals surface area contributed by atoms with E-state index in [2.05, 4.69) is 24.2 Å². The van der Waals surface area contributed by atoms with Gasteiger partial charge in [-0.2, -0.15) is 5.10 Å². The second-order valence-electron chi connectivity index (χ2n) is 4.70. The first kappa shape index (κ1) is 12.8. The highest BCUT2D eigenvalue weighted by molar-refractivity contribution is 6.30. The fourth-order valence-electron chi connectivity index (χ4n) is 2.21. The molecule has 0 atom stereocenters. The molecule has 0 unspecified atom stereocenters. The van der Waals surface area contributed by atoms with Crippen LogP contribution >= 0.6 is 11.6 Å². The van der Waals surface area contributed by atoms with Gasteiger partial charge in [0.15, 0.2) is 0 Å². The average Bonchev–Trinajstić information content (AvgIpc) is 2.80. The number of aryl methyl sites for hydroxylation is 1. The highest BCUT2D eigenvalue weighted by Crippen LogP contribution is 2.28. The Morgan fingerprint density at radius 1 is 1.10 bits per heavy atom. The van der Waals surface area contributed by atoms with Gasteiger partial charge in [0.1, 0.15) is 5.82 Å². The summed E-state index contributed by atoms with van der Waals surface area (Å²) in [5.41, 5.74) is 10.3. The summed E-state index contributed by atoms with van der Waals surface area (Å²) in [4.78, 5) is 0. The molecule has 3 nitrogen and oxygen atoms in total. The van der Waals surface area contributed by atoms with E-state index in [0.29, 0.717) is 10.8 Å². The molecule has 0 saturated heterocycles. The van der Waals surface area contributed by atoms with E-state index in [9.17, 15) is 0 Å². The van der Waals surface area contributed by atoms with Gasteiger partial charge in [-0.05, 0) is 30.7 Å². The predicted octanol–water partition coefficient (Wildman–Crippen LogP) is 4.08. The Hall–Kier alpha value is -2.26. The van der Waals surface area contributed by atoms with Crippen molar-refractivity contribution in [3.8, 4) is 16.8 Å². The van der Waals surface area contributed by atoms with E-state index in [0.717, 1.165) is 16.8 Å². The molecule has 0 aliphatic carbocycles. The zero-order valence-corrected chi connectivity index (χ0v) is 11.8. The van der Waals surface area contributed by atoms with Gasteiger partial charge in [-0.25, -0.2) is 4.68 Å². The van der Waals surface area contributed by atoms with Gasteiger partial charge < -0.3 is 5.73 Å². The van der Waals surface area contributed by atoms with Crippen molar-refractivity contribution in [3.63, 3.8) is 0 Å². The van der Waals surface area contributed by atoms with Crippen molar-refractivity contribution in [2.45, 2.75) is 6.92 Å². The van der Waals surface area contributed by atoms with E-state index in [4.69, 9.17) is 17.3 Å². The van der Waals surface area contributed by atoms with Crippen LogP contribution in [-0.4, -0.2) is 9.78 Å². The number of benzene rings is 2. The first-order valence-corrected chi connectivity index (χ1v) is 6.69. The summed E-state index contributed by atoms with van der Waals surface area (Å²) in [6.07, 6.45) is 1.78. The van der Waals surface area contributed by atoms with Crippen molar-refractivity contribution in [1.82, 2.24) is 9.78 Å². The molecular formula is C16H14ClN3. The van der Waals surface area contributed by atoms with Gasteiger partial charge in [-0.15, -0.1) is 0 Å². The van der Waals surface area contributed by atoms with Crippen LogP contribution < -0.4 is 5.73 Å². The van der Waals surface area contributed by atoms with Gasteiger partial charge in [0, 0.05) is 10.6 Å². The minimum Gasteiger partial charge on any atom is -0.383 e. The third kappa shape index (κ3) is 2.28. The van der Waals surface area contributed by atoms with Crippen molar-refractivity contribution in [2.75, 3.05) is 5.73 Å². The van der Waals surface area contributed by atoms with Crippen molar-refractivity contribution >= 4 is 17.4 Å². The van der Waals surface area contributed by atoms with Crippen molar-refractivity contribution in [1.29, 1.82) is 0 Å². The van der Waals surface area contributed by atoms with E-state index in [1.807, 2.05) is 36.4 Å². The minimum absolute atomic E-state index is 0.609. The van der Waals surface area contributed by atoms with Crippen LogP contribution in [0.3, 0.4) is 0 Å². The van der Waals surface area contributed by atoms with Crippen LogP contribution in [-0.2, 0) is 0 Å². The third-order valence-electron chi connectivity index (χ3n) is 3.19. The van der Waals surface area contributed by atoms with Crippen molar-refractivity contribution in [2.24, 2.45) is 0 Å². The third-order valence-corrected chi connectivity index (χ3v) is 3.42. The summed E-state index contributed by atoms with van der Waals surface area (Å²) in [5, 5.41) is 5.03. The molecule has 2 N–H and O–H groups in total. The molecule has 0 bridgehead atoms. The number of halogens is 1. The lowest BCUT2D eigenvalue weighted by Crippen LogP contribution is -2.02. The number of nitrogens with zero attached hydrogens (tertiary/aromatic N) is 2. The SMILES string of the molecule is Cc1cccc(-c2cnn(-c3cccc(Cl)c3)c2N)c1. The largest absolute Gasteiger partial charge is 0.383 e. The van der Waals surface area contributed by atoms with Gasteiger partial charge in [-0.1, -0.05) is 47.5 Å². The van der Waals surface area contributed by atoms with Crippen LogP contribution in [0, 0.1) is 6.92 Å². The van der Waals surface area contributed by atoms with E-state index >= 15 is 0 Å². The molecule has 0 radical (unpaired) electrons. The van der Waals surface area contributed by atoms with Gasteiger partial charge in [-0.3, -0.25) is 0 Å². The number of hydrogen-bond donors (Lipinski definition) is 1. The Bertz CT molecular complexity index is 699. The summed E-state index contributed by atoms with van der Waals surface area (Å²) in [7, 11) is 0. The molecule has 100 valence electrons. The van der Waals surface area contributed by atoms with Gasteiger partial charge in [0.25, 0.3) is 0 Å². The zero-order chi connectivity index (χ0) is 14.1. The maximum Gasteiger partial charge on any atom is 0.135 e. The van der Waals surface area contributed by atoms with E-state index in [-0.39, 0.29) is 0 Å². The monoisotopic (exact) mass is 283 g/mol. The first-order valence-electron chi connectivity index (χ1n) is 6.31. The smallest absolute Gasteiger partial charge is 0.135 e. The Labute approximate surface area is 122 Å². The van der Waals surface area contributed by atoms with Crippen LogP contribution in [0.2, 0.25) is 5.02 Å². The zero-order valence-electron chi connectivity index (χ0n) is 11.0. The fraction of sp³-hybridized carbons (Fsp3) is 0.0625. The van der Waals surface area contributed by atoms with Crippen LogP contribution in [0.1, 0.15) is 5.56 Å². The molecule has 0 saturated carbocycles. The summed E-state index contributed by atoms with van der Waals surface area (Å²) >= 11 is 6.01. The molecule has 0 aliphatic rings. The van der Waals surface area contributed by atoms with Crippen LogP contribution in [0.5, 0.6) is 0 Å². The number of anilines is 1. The summed E-state index contributed by atoms with van der Waals surface area (Å²) < 4.78 is 1.70. The lowest BCUT2D eigenvalue weighted by Gasteiger charge is -2.06. The van der Waals surface area contributed by atoms with Crippen LogP contribution in [0.25, 0.3) is 16.8 Å². The first-order chi connectivity index (χ1) is 9.65. The molecule has 0 aliphatic heterocycles. The highest BCUT2D eigenvalue weighted by atomic mass is 35.5. The molecule has 3 aromatic rings. The molecule has 1 aromatic heterocycles. The Balaban J connectivity index is 2.09. The fourth-order valence-corrected chi connectivity index (χ4v) is 2.39. The van der Waals surface area contributed by atoms with Crippen LogP contribution in [0.4, 0.5) is 5.82 Å². The molecule has 3 rings (SSSR count). The molecule has 1 heterocycles. The lowest BCUT2D eigenvalue weighted by molar-refractivity contribution is 0.891. The number of aromatic nitrogens is 2. The normalized spacial score (nSPS) is 10.7. The molecule has 4 heteroatoms. The maximum absolute atomic E-state index is 6.22. The molecule has 0 spiro atoms. The predicted molar refractivity (Wildman–Crippen MR) is 83.2 cm³/mol. The Kier molecular flexibility index (Phi) is 3.20. The van der Waals surface area contributed by atoms with Gasteiger partial charge in [0.05, 0.1) is 11.9 Å². The summed E-state index contributed by atoms with van der Waals surface area (Å²) in [6.45, 7) is 2.06. The Morgan fingerprint density at radius 2 is 1.90 bits per heavy atom. The lowest BCUT2D eigenvalue weighted by atomic mass is 10.1. The minimum atomic E-state index is 0.609. The van der Waals surface area contributed by atoms with Gasteiger partial charge in [0.2, 0.25) is 0 Å². The van der Waals surface area contributed by atoms with Crippen molar-refractivity contribution < 1.29 is 0 Å². The molecule has 0 amide bonds. The number of nitrogens with two attached hydrogens (primary N) is 1. The quantitative estimate of drug-likeness (QED) is 0.770. The van der Waals surface area contributed by atoms with Crippen LogP contribution in [0.15, 0.2) is 54.7 Å². The van der Waals surface area contributed by atoms with Crippen molar-refractivity contribution in [3.05, 3.63) is 65.3 Å². The summed E-state index contributed by atoms with van der Waals surface area (Å²) in [5.74, 6) is 0.609. The molecule has 0 fully saturated rings. The standard InChI is InChI=1S/C16H14ClN3/c1-11-4-2-5-12(8-11)15-10-19-20(16(15)18)14-7-3-6-13(17)9-14/h2-10H,18H2,1H3. The number of nitrogen functional groups attached to an aromatic ring is 1. The molecular weight excluding hydrogens is 270 g/mol. The molecule has 2 aromatic carbocycles. The topological polar surface area (TPSA) is 43.8 Å². The highest BCUT2D eigenvalue weighted by Gasteiger charge is 2.11.